The maximum Gasteiger partial charge on any atom is 0.0715 e. The Hall–Kier alpha value is -2.07. The molecule has 1 heteroatoms. The number of hydrogen-bond acceptors (Lipinski definition) is 1. The molecule has 3 rings (SSSR count). The number of rotatable bonds is 3. The Morgan fingerprint density at radius 2 is 2.00 bits per heavy atom. The quantitative estimate of drug-likeness (QED) is 0.652. The molecule has 1 unspecified atom stereocenters. The van der Waals surface area contributed by atoms with Gasteiger partial charge in [0.05, 0.1) is 12.0 Å². The highest BCUT2D eigenvalue weighted by atomic mass is 14.3. The summed E-state index contributed by atoms with van der Waals surface area (Å²) < 4.78 is 0. The van der Waals surface area contributed by atoms with E-state index in [2.05, 4.69) is 56.3 Å². The van der Waals surface area contributed by atoms with Crippen molar-refractivity contribution in [3.05, 3.63) is 58.7 Å². The summed E-state index contributed by atoms with van der Waals surface area (Å²) in [7, 11) is 0. The molecule has 1 aliphatic rings. The standard InChI is InChI=1S/C19H19N/c1-3-6-15(12-20)16-10-9-13(2)19-17-8-5-4-7-14(17)11-18(16)19/h4-5,7-10,15H,3,6,11H2,1-2H3. The molecule has 2 aromatic rings. The van der Waals surface area contributed by atoms with E-state index in [0.717, 1.165) is 19.3 Å². The van der Waals surface area contributed by atoms with Crippen LogP contribution in [0.15, 0.2) is 36.4 Å². The van der Waals surface area contributed by atoms with Crippen LogP contribution in [0.3, 0.4) is 0 Å². The van der Waals surface area contributed by atoms with Crippen LogP contribution >= 0.6 is 0 Å². The Labute approximate surface area is 120 Å². The number of fused-ring (bicyclic) bond motifs is 3. The van der Waals surface area contributed by atoms with Crippen molar-refractivity contribution < 1.29 is 0 Å². The lowest BCUT2D eigenvalue weighted by molar-refractivity contribution is 0.722. The second-order valence-electron chi connectivity index (χ2n) is 5.63. The van der Waals surface area contributed by atoms with Gasteiger partial charge in [0.2, 0.25) is 0 Å². The molecule has 0 fully saturated rings. The van der Waals surface area contributed by atoms with Gasteiger partial charge in [-0.2, -0.15) is 5.26 Å². The van der Waals surface area contributed by atoms with E-state index in [1.165, 1.54) is 33.4 Å². The molecule has 0 amide bonds. The highest BCUT2D eigenvalue weighted by Crippen LogP contribution is 2.42. The van der Waals surface area contributed by atoms with E-state index in [4.69, 9.17) is 0 Å². The third-order valence-corrected chi connectivity index (χ3v) is 4.32. The van der Waals surface area contributed by atoms with Gasteiger partial charge < -0.3 is 0 Å². The Kier molecular flexibility index (Phi) is 3.32. The SMILES string of the molecule is CCCC(C#N)c1ccc(C)c2c1Cc1ccccc1-2. The smallest absolute Gasteiger partial charge is 0.0715 e. The van der Waals surface area contributed by atoms with Gasteiger partial charge in [-0.05, 0) is 53.1 Å². The highest BCUT2D eigenvalue weighted by Gasteiger charge is 2.25. The first-order chi connectivity index (χ1) is 9.76. The molecule has 1 aliphatic carbocycles. The highest BCUT2D eigenvalue weighted by molar-refractivity contribution is 5.80. The van der Waals surface area contributed by atoms with Crippen molar-refractivity contribution in [3.63, 3.8) is 0 Å². The molecule has 100 valence electrons. The molecule has 0 saturated heterocycles. The molecule has 0 N–H and O–H groups in total. The minimum Gasteiger partial charge on any atom is -0.198 e. The van der Waals surface area contributed by atoms with Crippen molar-refractivity contribution in [2.45, 2.75) is 39.0 Å². The van der Waals surface area contributed by atoms with Gasteiger partial charge in [-0.3, -0.25) is 0 Å². The average Bonchev–Trinajstić information content (AvgIpc) is 2.86. The molecular formula is C19H19N. The Morgan fingerprint density at radius 3 is 2.75 bits per heavy atom. The van der Waals surface area contributed by atoms with E-state index in [-0.39, 0.29) is 5.92 Å². The zero-order valence-corrected chi connectivity index (χ0v) is 12.1. The van der Waals surface area contributed by atoms with Crippen molar-refractivity contribution in [1.29, 1.82) is 5.26 Å². The van der Waals surface area contributed by atoms with Crippen LogP contribution < -0.4 is 0 Å². The van der Waals surface area contributed by atoms with Crippen LogP contribution in [0.25, 0.3) is 11.1 Å². The second kappa shape index (κ2) is 5.13. The first-order valence-corrected chi connectivity index (χ1v) is 7.36. The normalized spacial score (nSPS) is 13.4. The molecule has 1 nitrogen and oxygen atoms in total. The molecule has 0 radical (unpaired) electrons. The lowest BCUT2D eigenvalue weighted by Gasteiger charge is -2.15. The predicted molar refractivity (Wildman–Crippen MR) is 82.7 cm³/mol. The van der Waals surface area contributed by atoms with E-state index < -0.39 is 0 Å². The van der Waals surface area contributed by atoms with E-state index in [1.54, 1.807) is 0 Å². The molecule has 20 heavy (non-hydrogen) atoms. The third-order valence-electron chi connectivity index (χ3n) is 4.32. The summed E-state index contributed by atoms with van der Waals surface area (Å²) in [5.41, 5.74) is 8.06. The van der Waals surface area contributed by atoms with Crippen molar-refractivity contribution >= 4 is 0 Å². The first kappa shape index (κ1) is 12.9. The lowest BCUT2D eigenvalue weighted by atomic mass is 9.87. The summed E-state index contributed by atoms with van der Waals surface area (Å²) >= 11 is 0. The number of aryl methyl sites for hydroxylation is 1. The molecule has 1 atom stereocenters. The summed E-state index contributed by atoms with van der Waals surface area (Å²) in [4.78, 5) is 0. The maximum atomic E-state index is 9.48. The van der Waals surface area contributed by atoms with Crippen molar-refractivity contribution in [1.82, 2.24) is 0 Å². The van der Waals surface area contributed by atoms with Crippen molar-refractivity contribution in [2.24, 2.45) is 0 Å². The number of nitrogens with zero attached hydrogens (tertiary/aromatic N) is 1. The molecule has 0 spiro atoms. The van der Waals surface area contributed by atoms with Crippen LogP contribution in [0.2, 0.25) is 0 Å². The minimum absolute atomic E-state index is 0.0312. The van der Waals surface area contributed by atoms with Crippen LogP contribution in [-0.4, -0.2) is 0 Å². The number of hydrogen-bond donors (Lipinski definition) is 0. The van der Waals surface area contributed by atoms with Crippen LogP contribution in [0.5, 0.6) is 0 Å². The fraction of sp³-hybridized carbons (Fsp3) is 0.316. The van der Waals surface area contributed by atoms with Crippen LogP contribution in [0.1, 0.15) is 47.9 Å². The molecular weight excluding hydrogens is 242 g/mol. The van der Waals surface area contributed by atoms with Gasteiger partial charge >= 0.3 is 0 Å². The monoisotopic (exact) mass is 261 g/mol. The summed E-state index contributed by atoms with van der Waals surface area (Å²) in [6.07, 6.45) is 2.97. The fourth-order valence-electron chi connectivity index (χ4n) is 3.36. The molecule has 2 aromatic carbocycles. The molecule has 0 aromatic heterocycles. The van der Waals surface area contributed by atoms with Crippen molar-refractivity contribution in [3.8, 4) is 17.2 Å². The van der Waals surface area contributed by atoms with Gasteiger partial charge in [0.15, 0.2) is 0 Å². The predicted octanol–water partition coefficient (Wildman–Crippen LogP) is 4.97. The number of nitriles is 1. The Balaban J connectivity index is 2.17. The van der Waals surface area contributed by atoms with E-state index in [0.29, 0.717) is 0 Å². The second-order valence-corrected chi connectivity index (χ2v) is 5.63. The average molecular weight is 261 g/mol. The third kappa shape index (κ3) is 1.93. The minimum atomic E-state index is 0.0312. The molecule has 0 aliphatic heterocycles. The van der Waals surface area contributed by atoms with Gasteiger partial charge in [0, 0.05) is 0 Å². The number of benzene rings is 2. The fourth-order valence-corrected chi connectivity index (χ4v) is 3.36. The lowest BCUT2D eigenvalue weighted by Crippen LogP contribution is -2.01. The Bertz CT molecular complexity index is 691. The van der Waals surface area contributed by atoms with Crippen LogP contribution in [0.4, 0.5) is 0 Å². The van der Waals surface area contributed by atoms with Gasteiger partial charge in [-0.15, -0.1) is 0 Å². The summed E-state index contributed by atoms with van der Waals surface area (Å²) in [5.74, 6) is 0.0312. The zero-order chi connectivity index (χ0) is 14.1. The Morgan fingerprint density at radius 1 is 1.20 bits per heavy atom. The largest absolute Gasteiger partial charge is 0.198 e. The molecule has 0 saturated carbocycles. The molecule has 0 bridgehead atoms. The van der Waals surface area contributed by atoms with Gasteiger partial charge in [0.25, 0.3) is 0 Å². The first-order valence-electron chi connectivity index (χ1n) is 7.36. The summed E-state index contributed by atoms with van der Waals surface area (Å²) in [6, 6.07) is 15.5. The molecule has 0 heterocycles. The van der Waals surface area contributed by atoms with Gasteiger partial charge in [-0.25, -0.2) is 0 Å². The van der Waals surface area contributed by atoms with E-state index in [9.17, 15) is 5.26 Å². The zero-order valence-electron chi connectivity index (χ0n) is 12.1. The van der Waals surface area contributed by atoms with E-state index in [1.807, 2.05) is 0 Å². The van der Waals surface area contributed by atoms with Gasteiger partial charge in [0.1, 0.15) is 0 Å². The summed E-state index contributed by atoms with van der Waals surface area (Å²) in [5, 5.41) is 9.48. The van der Waals surface area contributed by atoms with Crippen molar-refractivity contribution in [2.75, 3.05) is 0 Å². The summed E-state index contributed by atoms with van der Waals surface area (Å²) in [6.45, 7) is 4.32. The topological polar surface area (TPSA) is 23.8 Å². The van der Waals surface area contributed by atoms with Gasteiger partial charge in [-0.1, -0.05) is 49.7 Å². The van der Waals surface area contributed by atoms with Crippen LogP contribution in [0, 0.1) is 18.3 Å². The van der Waals surface area contributed by atoms with E-state index >= 15 is 0 Å². The maximum absolute atomic E-state index is 9.48. The van der Waals surface area contributed by atoms with Crippen LogP contribution in [-0.2, 0) is 6.42 Å².